The van der Waals surface area contributed by atoms with E-state index in [1.54, 1.807) is 11.0 Å². The minimum absolute atomic E-state index is 0.00736. The zero-order valence-electron chi connectivity index (χ0n) is 9.76. The molecule has 1 unspecified atom stereocenters. The number of rotatable bonds is 1. The molecule has 0 spiro atoms. The Labute approximate surface area is 102 Å². The molecular formula is C11H18N2O3S. The molecule has 0 aromatic rings. The first-order chi connectivity index (χ1) is 8.07. The van der Waals surface area contributed by atoms with Crippen LogP contribution in [0.1, 0.15) is 25.7 Å². The van der Waals surface area contributed by atoms with Crippen molar-refractivity contribution in [1.82, 2.24) is 10.2 Å². The predicted octanol–water partition coefficient (Wildman–Crippen LogP) is 0.883. The predicted molar refractivity (Wildman–Crippen MR) is 65.3 cm³/mol. The molecule has 6 heteroatoms. The second kappa shape index (κ2) is 5.08. The fourth-order valence-corrected chi connectivity index (χ4v) is 3.42. The van der Waals surface area contributed by atoms with Crippen LogP contribution in [-0.2, 0) is 9.84 Å². The van der Waals surface area contributed by atoms with Crippen LogP contribution in [0.15, 0.2) is 11.5 Å². The lowest BCUT2D eigenvalue weighted by Crippen LogP contribution is -2.45. The monoisotopic (exact) mass is 258 g/mol. The molecule has 1 fully saturated rings. The average Bonchev–Trinajstić information content (AvgIpc) is 2.52. The summed E-state index contributed by atoms with van der Waals surface area (Å²) in [7, 11) is -3.09. The lowest BCUT2D eigenvalue weighted by Gasteiger charge is -2.22. The minimum atomic E-state index is -3.09. The number of carbonyl (C=O) groups is 1. The smallest absolute Gasteiger partial charge is 0.317 e. The molecule has 17 heavy (non-hydrogen) atoms. The number of sulfone groups is 1. The molecule has 0 aliphatic carbocycles. The Hall–Kier alpha value is -1.04. The van der Waals surface area contributed by atoms with Gasteiger partial charge in [-0.25, -0.2) is 13.2 Å². The highest BCUT2D eigenvalue weighted by Gasteiger charge is 2.25. The van der Waals surface area contributed by atoms with Crippen LogP contribution in [0.3, 0.4) is 0 Å². The summed E-state index contributed by atoms with van der Waals surface area (Å²) in [5.74, 6) is -0.00736. The van der Waals surface area contributed by atoms with Crippen molar-refractivity contribution in [3.8, 4) is 0 Å². The quantitative estimate of drug-likeness (QED) is 0.759. The number of carbonyl (C=O) groups excluding carboxylic acids is 1. The van der Waals surface area contributed by atoms with Crippen molar-refractivity contribution in [2.75, 3.05) is 18.8 Å². The Morgan fingerprint density at radius 3 is 2.35 bits per heavy atom. The first-order valence-electron chi connectivity index (χ1n) is 6.03. The Bertz CT molecular complexity index is 408. The highest BCUT2D eigenvalue weighted by molar-refractivity contribution is 7.94. The summed E-state index contributed by atoms with van der Waals surface area (Å²) in [5, 5.41) is 3.93. The van der Waals surface area contributed by atoms with Crippen LogP contribution in [0.5, 0.6) is 0 Å². The van der Waals surface area contributed by atoms with E-state index < -0.39 is 9.84 Å². The minimum Gasteiger partial charge on any atom is -0.331 e. The third-order valence-electron chi connectivity index (χ3n) is 3.13. The first-order valence-corrected chi connectivity index (χ1v) is 7.75. The molecule has 2 heterocycles. The normalized spacial score (nSPS) is 27.8. The molecule has 0 bridgehead atoms. The van der Waals surface area contributed by atoms with E-state index in [2.05, 4.69) is 5.32 Å². The zero-order valence-corrected chi connectivity index (χ0v) is 10.6. The van der Waals surface area contributed by atoms with Gasteiger partial charge in [-0.15, -0.1) is 0 Å². The van der Waals surface area contributed by atoms with E-state index in [9.17, 15) is 13.2 Å². The van der Waals surface area contributed by atoms with Crippen LogP contribution < -0.4 is 5.32 Å². The molecule has 0 aromatic carbocycles. The van der Waals surface area contributed by atoms with E-state index in [1.807, 2.05) is 0 Å². The standard InChI is InChI=1S/C11H18N2O3S/c14-11(13-6-3-1-2-4-7-13)12-10-5-8-17(15,16)9-10/h5,8,10H,1-4,6-7,9H2,(H,12,14). The molecule has 5 nitrogen and oxygen atoms in total. The van der Waals surface area contributed by atoms with Crippen molar-refractivity contribution in [2.24, 2.45) is 0 Å². The van der Waals surface area contributed by atoms with Crippen LogP contribution in [0, 0.1) is 0 Å². The molecule has 0 saturated carbocycles. The van der Waals surface area contributed by atoms with E-state index in [1.165, 1.54) is 18.2 Å². The molecule has 1 atom stereocenters. The molecule has 96 valence electrons. The number of hydrogen-bond acceptors (Lipinski definition) is 3. The molecule has 2 aliphatic rings. The van der Waals surface area contributed by atoms with Gasteiger partial charge in [0, 0.05) is 18.5 Å². The van der Waals surface area contributed by atoms with Crippen LogP contribution in [-0.4, -0.2) is 44.2 Å². The molecular weight excluding hydrogens is 240 g/mol. The van der Waals surface area contributed by atoms with Crippen LogP contribution in [0.4, 0.5) is 4.79 Å². The highest BCUT2D eigenvalue weighted by Crippen LogP contribution is 2.11. The summed E-state index contributed by atoms with van der Waals surface area (Å²) in [4.78, 5) is 13.7. The van der Waals surface area contributed by atoms with Crippen molar-refractivity contribution in [1.29, 1.82) is 0 Å². The lowest BCUT2D eigenvalue weighted by molar-refractivity contribution is 0.198. The van der Waals surface area contributed by atoms with Crippen molar-refractivity contribution < 1.29 is 13.2 Å². The van der Waals surface area contributed by atoms with Crippen molar-refractivity contribution in [3.63, 3.8) is 0 Å². The molecule has 1 saturated heterocycles. The summed E-state index contributed by atoms with van der Waals surface area (Å²) >= 11 is 0. The second-order valence-corrected chi connectivity index (χ2v) is 6.55. The summed E-state index contributed by atoms with van der Waals surface area (Å²) in [6, 6.07) is -0.505. The molecule has 2 amide bonds. The van der Waals surface area contributed by atoms with Gasteiger partial charge in [-0.1, -0.05) is 12.8 Å². The van der Waals surface area contributed by atoms with E-state index >= 15 is 0 Å². The third kappa shape index (κ3) is 3.46. The van der Waals surface area contributed by atoms with Gasteiger partial charge in [0.05, 0.1) is 11.8 Å². The first kappa shape index (κ1) is 12.4. The Kier molecular flexibility index (Phi) is 3.71. The van der Waals surface area contributed by atoms with E-state index in [-0.39, 0.29) is 17.8 Å². The summed E-state index contributed by atoms with van der Waals surface area (Å²) in [6.45, 7) is 1.55. The van der Waals surface area contributed by atoms with Gasteiger partial charge in [-0.3, -0.25) is 0 Å². The summed E-state index contributed by atoms with van der Waals surface area (Å²) < 4.78 is 22.4. The van der Waals surface area contributed by atoms with E-state index in [0.29, 0.717) is 0 Å². The van der Waals surface area contributed by atoms with Gasteiger partial charge < -0.3 is 10.2 Å². The summed E-state index contributed by atoms with van der Waals surface area (Å²) in [5.41, 5.74) is 0. The van der Waals surface area contributed by atoms with Gasteiger partial charge in [-0.2, -0.15) is 0 Å². The number of likely N-dealkylation sites (tertiary alicyclic amines) is 1. The topological polar surface area (TPSA) is 66.5 Å². The van der Waals surface area contributed by atoms with Crippen molar-refractivity contribution in [3.05, 3.63) is 11.5 Å². The van der Waals surface area contributed by atoms with Gasteiger partial charge in [0.15, 0.2) is 9.84 Å². The highest BCUT2D eigenvalue weighted by atomic mass is 32.2. The largest absolute Gasteiger partial charge is 0.331 e. The van der Waals surface area contributed by atoms with E-state index in [0.717, 1.165) is 25.9 Å². The van der Waals surface area contributed by atoms with Crippen LogP contribution >= 0.6 is 0 Å². The average molecular weight is 258 g/mol. The van der Waals surface area contributed by atoms with Crippen molar-refractivity contribution >= 4 is 15.9 Å². The molecule has 1 N–H and O–H groups in total. The lowest BCUT2D eigenvalue weighted by atomic mass is 10.2. The van der Waals surface area contributed by atoms with Crippen molar-refractivity contribution in [2.45, 2.75) is 31.7 Å². The Balaban J connectivity index is 1.87. The van der Waals surface area contributed by atoms with Crippen LogP contribution in [0.25, 0.3) is 0 Å². The summed E-state index contributed by atoms with van der Waals surface area (Å²) in [6.07, 6.45) is 5.95. The molecule has 0 aromatic heterocycles. The maximum absolute atomic E-state index is 11.9. The van der Waals surface area contributed by atoms with Gasteiger partial charge in [-0.05, 0) is 18.9 Å². The zero-order chi connectivity index (χ0) is 12.3. The number of nitrogens with one attached hydrogen (secondary N) is 1. The molecule has 0 radical (unpaired) electrons. The van der Waals surface area contributed by atoms with Gasteiger partial charge in [0.1, 0.15) is 0 Å². The maximum atomic E-state index is 11.9. The number of hydrogen-bond donors (Lipinski definition) is 1. The SMILES string of the molecule is O=C(NC1C=CS(=O)(=O)C1)N1CCCCCC1. The number of nitrogens with zero attached hydrogens (tertiary/aromatic N) is 1. The molecule has 2 aliphatic heterocycles. The fraction of sp³-hybridized carbons (Fsp3) is 0.727. The van der Waals surface area contributed by atoms with Gasteiger partial charge in [0.2, 0.25) is 0 Å². The molecule has 2 rings (SSSR count). The number of amides is 2. The maximum Gasteiger partial charge on any atom is 0.317 e. The fourth-order valence-electron chi connectivity index (χ4n) is 2.19. The number of urea groups is 1. The van der Waals surface area contributed by atoms with Gasteiger partial charge in [0.25, 0.3) is 0 Å². The van der Waals surface area contributed by atoms with Gasteiger partial charge >= 0.3 is 6.03 Å². The van der Waals surface area contributed by atoms with Crippen LogP contribution in [0.2, 0.25) is 0 Å². The van der Waals surface area contributed by atoms with E-state index in [4.69, 9.17) is 0 Å². The third-order valence-corrected chi connectivity index (χ3v) is 4.53. The second-order valence-electron chi connectivity index (χ2n) is 4.62. The Morgan fingerprint density at radius 2 is 1.82 bits per heavy atom. The Morgan fingerprint density at radius 1 is 1.18 bits per heavy atom.